The summed E-state index contributed by atoms with van der Waals surface area (Å²) in [5, 5.41) is 9.14. The summed E-state index contributed by atoms with van der Waals surface area (Å²) in [5.74, 6) is -4.04. The Bertz CT molecular complexity index is 683. The molecule has 2 aliphatic rings. The third-order valence-corrected chi connectivity index (χ3v) is 4.88. The van der Waals surface area contributed by atoms with Crippen molar-refractivity contribution in [2.24, 2.45) is 11.8 Å². The molecule has 1 aromatic carbocycles. The molecule has 0 spiro atoms. The van der Waals surface area contributed by atoms with E-state index in [1.807, 2.05) is 0 Å². The molecular formula is C18H19F2NO3. The Morgan fingerprint density at radius 3 is 2.38 bits per heavy atom. The lowest BCUT2D eigenvalue weighted by Crippen LogP contribution is -2.46. The first kappa shape index (κ1) is 16.6. The van der Waals surface area contributed by atoms with Gasteiger partial charge in [-0.05, 0) is 31.0 Å². The predicted octanol–water partition coefficient (Wildman–Crippen LogP) is 3.12. The van der Waals surface area contributed by atoms with E-state index in [9.17, 15) is 18.4 Å². The van der Waals surface area contributed by atoms with Crippen molar-refractivity contribution in [3.8, 4) is 0 Å². The van der Waals surface area contributed by atoms with Crippen molar-refractivity contribution in [3.05, 3.63) is 47.5 Å². The molecule has 0 saturated heterocycles. The van der Waals surface area contributed by atoms with Gasteiger partial charge in [-0.3, -0.25) is 9.59 Å². The fourth-order valence-electron chi connectivity index (χ4n) is 3.45. The highest BCUT2D eigenvalue weighted by Crippen LogP contribution is 2.33. The summed E-state index contributed by atoms with van der Waals surface area (Å²) in [6, 6.07) is 3.13. The second kappa shape index (κ2) is 6.71. The minimum Gasteiger partial charge on any atom is -0.481 e. The molecule has 2 aliphatic carbocycles. The molecule has 1 saturated carbocycles. The summed E-state index contributed by atoms with van der Waals surface area (Å²) >= 11 is 0. The number of carbonyl (C=O) groups is 2. The van der Waals surface area contributed by atoms with Gasteiger partial charge < -0.3 is 10.0 Å². The Balaban J connectivity index is 1.84. The van der Waals surface area contributed by atoms with Crippen LogP contribution in [0.2, 0.25) is 0 Å². The third kappa shape index (κ3) is 3.18. The summed E-state index contributed by atoms with van der Waals surface area (Å²) in [7, 11) is 0. The summed E-state index contributed by atoms with van der Waals surface area (Å²) in [5.41, 5.74) is 0.116. The van der Waals surface area contributed by atoms with Crippen LogP contribution in [0.3, 0.4) is 0 Å². The standard InChI is InChI=1S/C18H19F2NO3/c19-12-5-8-16(20)11(9-12)10-21(13-3-1-2-4-13)17(22)14-6-7-15(14)18(23)24/h5-9,13-15H,1-4,10H2,(H,23,24)/t14-,15+/m0/s1. The molecule has 1 aromatic rings. The SMILES string of the molecule is O=C(O)[C@@H]1C=C[C@@H]1C(=O)N(Cc1cc(F)ccc1F)C1CCCC1. The fraction of sp³-hybridized carbons (Fsp3) is 0.444. The number of halogens is 2. The van der Waals surface area contributed by atoms with Crippen LogP contribution in [0.5, 0.6) is 0 Å². The Morgan fingerprint density at radius 2 is 1.79 bits per heavy atom. The number of carboxylic acid groups (broad SMARTS) is 1. The maximum absolute atomic E-state index is 14.0. The Morgan fingerprint density at radius 1 is 1.12 bits per heavy atom. The monoisotopic (exact) mass is 335 g/mol. The van der Waals surface area contributed by atoms with E-state index in [-0.39, 0.29) is 24.1 Å². The molecule has 0 bridgehead atoms. The van der Waals surface area contributed by atoms with Gasteiger partial charge in [0.1, 0.15) is 11.6 Å². The maximum Gasteiger partial charge on any atom is 0.311 e. The molecule has 24 heavy (non-hydrogen) atoms. The quantitative estimate of drug-likeness (QED) is 0.841. The van der Waals surface area contributed by atoms with E-state index in [0.717, 1.165) is 43.9 Å². The number of benzene rings is 1. The van der Waals surface area contributed by atoms with Gasteiger partial charge in [-0.2, -0.15) is 0 Å². The zero-order valence-corrected chi connectivity index (χ0v) is 13.1. The molecular weight excluding hydrogens is 316 g/mol. The minimum atomic E-state index is -1.04. The Labute approximate surface area is 138 Å². The zero-order chi connectivity index (χ0) is 17.3. The van der Waals surface area contributed by atoms with Gasteiger partial charge in [0.25, 0.3) is 0 Å². The van der Waals surface area contributed by atoms with Crippen LogP contribution in [0.25, 0.3) is 0 Å². The smallest absolute Gasteiger partial charge is 0.311 e. The predicted molar refractivity (Wildman–Crippen MR) is 82.9 cm³/mol. The highest BCUT2D eigenvalue weighted by Gasteiger charge is 2.40. The first-order valence-corrected chi connectivity index (χ1v) is 8.13. The zero-order valence-electron chi connectivity index (χ0n) is 13.1. The van der Waals surface area contributed by atoms with E-state index in [4.69, 9.17) is 5.11 Å². The first-order chi connectivity index (χ1) is 11.5. The van der Waals surface area contributed by atoms with Gasteiger partial charge in [-0.15, -0.1) is 0 Å². The maximum atomic E-state index is 14.0. The summed E-state index contributed by atoms with van der Waals surface area (Å²) in [4.78, 5) is 25.5. The molecule has 0 heterocycles. The molecule has 3 rings (SSSR count). The van der Waals surface area contributed by atoms with Crippen molar-refractivity contribution in [1.29, 1.82) is 0 Å². The van der Waals surface area contributed by atoms with Gasteiger partial charge in [0.05, 0.1) is 11.8 Å². The number of hydrogen-bond donors (Lipinski definition) is 1. The lowest BCUT2D eigenvalue weighted by atomic mass is 9.81. The molecule has 2 atom stereocenters. The Kier molecular flexibility index (Phi) is 4.64. The van der Waals surface area contributed by atoms with E-state index in [0.29, 0.717) is 0 Å². The van der Waals surface area contributed by atoms with Crippen LogP contribution in [0.1, 0.15) is 31.2 Å². The van der Waals surface area contributed by atoms with Gasteiger partial charge >= 0.3 is 5.97 Å². The average molecular weight is 335 g/mol. The first-order valence-electron chi connectivity index (χ1n) is 8.13. The van der Waals surface area contributed by atoms with Crippen LogP contribution in [0, 0.1) is 23.5 Å². The van der Waals surface area contributed by atoms with Crippen molar-refractivity contribution >= 4 is 11.9 Å². The van der Waals surface area contributed by atoms with Crippen molar-refractivity contribution < 1.29 is 23.5 Å². The molecule has 1 amide bonds. The van der Waals surface area contributed by atoms with Crippen molar-refractivity contribution in [1.82, 2.24) is 4.90 Å². The van der Waals surface area contributed by atoms with E-state index < -0.39 is 29.4 Å². The number of carbonyl (C=O) groups excluding carboxylic acids is 1. The lowest BCUT2D eigenvalue weighted by Gasteiger charge is -2.35. The molecule has 4 nitrogen and oxygen atoms in total. The van der Waals surface area contributed by atoms with E-state index in [1.54, 1.807) is 6.08 Å². The summed E-state index contributed by atoms with van der Waals surface area (Å²) in [6.07, 6.45) is 6.62. The molecule has 6 heteroatoms. The molecule has 1 N–H and O–H groups in total. The van der Waals surface area contributed by atoms with Gasteiger partial charge in [0.15, 0.2) is 0 Å². The van der Waals surface area contributed by atoms with Gasteiger partial charge in [-0.1, -0.05) is 25.0 Å². The second-order valence-corrected chi connectivity index (χ2v) is 6.41. The average Bonchev–Trinajstić information content (AvgIpc) is 3.00. The minimum absolute atomic E-state index is 0.0379. The van der Waals surface area contributed by atoms with Gasteiger partial charge in [0, 0.05) is 18.2 Å². The summed E-state index contributed by atoms with van der Waals surface area (Å²) in [6.45, 7) is -0.0379. The number of aliphatic carboxylic acids is 1. The van der Waals surface area contributed by atoms with Crippen LogP contribution in [0.15, 0.2) is 30.4 Å². The van der Waals surface area contributed by atoms with Crippen molar-refractivity contribution in [3.63, 3.8) is 0 Å². The molecule has 1 fully saturated rings. The van der Waals surface area contributed by atoms with E-state index in [2.05, 4.69) is 0 Å². The van der Waals surface area contributed by atoms with Crippen molar-refractivity contribution in [2.75, 3.05) is 0 Å². The molecule has 0 unspecified atom stereocenters. The summed E-state index contributed by atoms with van der Waals surface area (Å²) < 4.78 is 27.4. The number of carboxylic acids is 1. The third-order valence-electron chi connectivity index (χ3n) is 4.88. The number of rotatable bonds is 5. The van der Waals surface area contributed by atoms with E-state index in [1.165, 1.54) is 11.0 Å². The molecule has 0 radical (unpaired) electrons. The molecule has 0 aromatic heterocycles. The van der Waals surface area contributed by atoms with Crippen LogP contribution in [0.4, 0.5) is 8.78 Å². The fourth-order valence-corrected chi connectivity index (χ4v) is 3.45. The lowest BCUT2D eigenvalue weighted by molar-refractivity contribution is -0.149. The Hall–Kier alpha value is -2.24. The second-order valence-electron chi connectivity index (χ2n) is 6.41. The number of nitrogens with zero attached hydrogens (tertiary/aromatic N) is 1. The highest BCUT2D eigenvalue weighted by molar-refractivity contribution is 5.90. The number of amides is 1. The topological polar surface area (TPSA) is 57.6 Å². The van der Waals surface area contributed by atoms with Crippen LogP contribution in [-0.4, -0.2) is 27.9 Å². The molecule has 128 valence electrons. The normalized spacial score (nSPS) is 23.1. The van der Waals surface area contributed by atoms with Crippen LogP contribution in [-0.2, 0) is 16.1 Å². The van der Waals surface area contributed by atoms with Crippen LogP contribution >= 0.6 is 0 Å². The van der Waals surface area contributed by atoms with Gasteiger partial charge in [-0.25, -0.2) is 8.78 Å². The largest absolute Gasteiger partial charge is 0.481 e. The van der Waals surface area contributed by atoms with Crippen molar-refractivity contribution in [2.45, 2.75) is 38.3 Å². The highest BCUT2D eigenvalue weighted by atomic mass is 19.1. The van der Waals surface area contributed by atoms with E-state index >= 15 is 0 Å². The molecule has 0 aliphatic heterocycles. The van der Waals surface area contributed by atoms with Crippen LogP contribution < -0.4 is 0 Å². The number of hydrogen-bond acceptors (Lipinski definition) is 2. The van der Waals surface area contributed by atoms with Gasteiger partial charge in [0.2, 0.25) is 5.91 Å².